The molecule has 1 aromatic heterocycles. The van der Waals surface area contributed by atoms with E-state index >= 15 is 0 Å². The molecule has 0 spiro atoms. The van der Waals surface area contributed by atoms with E-state index < -0.39 is 11.7 Å². The van der Waals surface area contributed by atoms with Gasteiger partial charge in [0, 0.05) is 16.6 Å². The molecule has 2 rings (SSSR count). The number of para-hydroxylation sites is 1. The summed E-state index contributed by atoms with van der Waals surface area (Å²) in [5.41, 5.74) is 1.31. The van der Waals surface area contributed by atoms with Crippen molar-refractivity contribution in [2.75, 3.05) is 0 Å². The maximum atomic E-state index is 12.6. The van der Waals surface area contributed by atoms with Gasteiger partial charge in [-0.15, -0.1) is 6.58 Å². The molecule has 0 radical (unpaired) electrons. The standard InChI is InChI=1S/C18H21NO3/c1-5-6-10-16-14(12-20)13-9-7-8-11-15(13)19(16)17(21)22-18(2,3)4/h5,7-9,11-12H,1,6,10H2,2-4H3. The van der Waals surface area contributed by atoms with Crippen molar-refractivity contribution in [3.05, 3.63) is 48.2 Å². The van der Waals surface area contributed by atoms with E-state index in [2.05, 4.69) is 6.58 Å². The molecule has 116 valence electrons. The second kappa shape index (κ2) is 6.18. The van der Waals surface area contributed by atoms with Crippen molar-refractivity contribution < 1.29 is 14.3 Å². The van der Waals surface area contributed by atoms with Gasteiger partial charge in [-0.25, -0.2) is 9.36 Å². The molecule has 0 saturated heterocycles. The molecule has 0 amide bonds. The zero-order valence-corrected chi connectivity index (χ0v) is 13.3. The molecule has 0 aliphatic carbocycles. The van der Waals surface area contributed by atoms with Gasteiger partial charge in [-0.05, 0) is 39.7 Å². The second-order valence-electron chi connectivity index (χ2n) is 6.14. The number of hydrogen-bond donors (Lipinski definition) is 0. The number of carbonyl (C=O) groups is 2. The average molecular weight is 299 g/mol. The summed E-state index contributed by atoms with van der Waals surface area (Å²) in [5, 5.41) is 0.766. The lowest BCUT2D eigenvalue weighted by Crippen LogP contribution is -2.28. The van der Waals surface area contributed by atoms with E-state index in [4.69, 9.17) is 4.74 Å². The predicted molar refractivity (Wildman–Crippen MR) is 87.5 cm³/mol. The number of benzene rings is 1. The number of nitrogens with zero attached hydrogens (tertiary/aromatic N) is 1. The normalized spacial score (nSPS) is 11.4. The highest BCUT2D eigenvalue weighted by atomic mass is 16.6. The second-order valence-corrected chi connectivity index (χ2v) is 6.14. The molecule has 0 bridgehead atoms. The summed E-state index contributed by atoms with van der Waals surface area (Å²) < 4.78 is 7.00. The monoisotopic (exact) mass is 299 g/mol. The summed E-state index contributed by atoms with van der Waals surface area (Å²) in [6.45, 7) is 9.17. The Bertz CT molecular complexity index is 720. The van der Waals surface area contributed by atoms with Gasteiger partial charge in [0.2, 0.25) is 0 Å². The van der Waals surface area contributed by atoms with Crippen molar-refractivity contribution in [2.45, 2.75) is 39.2 Å². The number of aldehydes is 1. The fourth-order valence-corrected chi connectivity index (χ4v) is 2.45. The smallest absolute Gasteiger partial charge is 0.419 e. The molecule has 2 aromatic rings. The number of carbonyl (C=O) groups excluding carboxylic acids is 2. The number of allylic oxidation sites excluding steroid dienone is 1. The quantitative estimate of drug-likeness (QED) is 0.622. The molecule has 22 heavy (non-hydrogen) atoms. The Hall–Kier alpha value is -2.36. The van der Waals surface area contributed by atoms with Crippen LogP contribution in [-0.2, 0) is 11.2 Å². The molecule has 0 unspecified atom stereocenters. The van der Waals surface area contributed by atoms with E-state index in [-0.39, 0.29) is 0 Å². The number of ether oxygens (including phenoxy) is 1. The summed E-state index contributed by atoms with van der Waals surface area (Å²) in [4.78, 5) is 24.1. The Labute approximate surface area is 130 Å². The highest BCUT2D eigenvalue weighted by molar-refractivity contribution is 6.03. The summed E-state index contributed by atoms with van der Waals surface area (Å²) in [7, 11) is 0. The molecule has 0 aliphatic rings. The van der Waals surface area contributed by atoms with Gasteiger partial charge >= 0.3 is 6.09 Å². The Kier molecular flexibility index (Phi) is 4.50. The summed E-state index contributed by atoms with van der Waals surface area (Å²) in [6.07, 6.45) is 3.36. The number of rotatable bonds is 4. The minimum Gasteiger partial charge on any atom is -0.443 e. The molecule has 0 N–H and O–H groups in total. The maximum Gasteiger partial charge on any atom is 0.419 e. The third kappa shape index (κ3) is 3.11. The minimum absolute atomic E-state index is 0.462. The van der Waals surface area contributed by atoms with E-state index in [9.17, 15) is 9.59 Å². The highest BCUT2D eigenvalue weighted by Crippen LogP contribution is 2.27. The lowest BCUT2D eigenvalue weighted by Gasteiger charge is -2.21. The third-order valence-corrected chi connectivity index (χ3v) is 3.30. The first-order chi connectivity index (χ1) is 10.4. The summed E-state index contributed by atoms with van der Waals surface area (Å²) in [5.74, 6) is 0. The van der Waals surface area contributed by atoms with Crippen molar-refractivity contribution in [1.29, 1.82) is 0 Å². The fourth-order valence-electron chi connectivity index (χ4n) is 2.45. The van der Waals surface area contributed by atoms with Gasteiger partial charge in [-0.2, -0.15) is 0 Å². The lowest BCUT2D eigenvalue weighted by atomic mass is 10.1. The Balaban J connectivity index is 2.66. The van der Waals surface area contributed by atoms with Crippen LogP contribution in [0.2, 0.25) is 0 Å². The van der Waals surface area contributed by atoms with Gasteiger partial charge in [0.15, 0.2) is 6.29 Å². The van der Waals surface area contributed by atoms with Crippen LogP contribution in [0.15, 0.2) is 36.9 Å². The molecule has 1 heterocycles. The topological polar surface area (TPSA) is 48.3 Å². The fraction of sp³-hybridized carbons (Fsp3) is 0.333. The first-order valence-electron chi connectivity index (χ1n) is 7.30. The van der Waals surface area contributed by atoms with Crippen LogP contribution in [0.1, 0.15) is 43.2 Å². The Morgan fingerprint density at radius 3 is 2.59 bits per heavy atom. The van der Waals surface area contributed by atoms with E-state index in [0.717, 1.165) is 11.7 Å². The molecule has 4 heteroatoms. The number of hydrogen-bond acceptors (Lipinski definition) is 3. The van der Waals surface area contributed by atoms with E-state index in [1.165, 1.54) is 4.57 Å². The molecule has 0 aliphatic heterocycles. The van der Waals surface area contributed by atoms with E-state index in [0.29, 0.717) is 29.6 Å². The van der Waals surface area contributed by atoms with Gasteiger partial charge in [0.25, 0.3) is 0 Å². The molecule has 0 fully saturated rings. The Morgan fingerprint density at radius 2 is 2.00 bits per heavy atom. The number of fused-ring (bicyclic) bond motifs is 1. The van der Waals surface area contributed by atoms with Crippen molar-refractivity contribution in [3.63, 3.8) is 0 Å². The molecule has 4 nitrogen and oxygen atoms in total. The van der Waals surface area contributed by atoms with E-state index in [1.807, 2.05) is 45.0 Å². The van der Waals surface area contributed by atoms with Gasteiger partial charge in [-0.1, -0.05) is 24.3 Å². The van der Waals surface area contributed by atoms with Crippen LogP contribution in [0, 0.1) is 0 Å². The largest absolute Gasteiger partial charge is 0.443 e. The number of aromatic nitrogens is 1. The predicted octanol–water partition coefficient (Wildman–Crippen LogP) is 4.36. The van der Waals surface area contributed by atoms with Gasteiger partial charge in [0.1, 0.15) is 5.60 Å². The van der Waals surface area contributed by atoms with Crippen molar-refractivity contribution in [1.82, 2.24) is 4.57 Å². The zero-order valence-electron chi connectivity index (χ0n) is 13.3. The van der Waals surface area contributed by atoms with Crippen LogP contribution in [0.25, 0.3) is 10.9 Å². The maximum absolute atomic E-state index is 12.6. The van der Waals surface area contributed by atoms with Crippen LogP contribution in [-0.4, -0.2) is 22.5 Å². The molecule has 0 saturated carbocycles. The Morgan fingerprint density at radius 1 is 1.32 bits per heavy atom. The SMILES string of the molecule is C=CCCc1c(C=O)c2ccccc2n1C(=O)OC(C)(C)C. The zero-order chi connectivity index (χ0) is 16.3. The van der Waals surface area contributed by atoms with Gasteiger partial charge in [-0.3, -0.25) is 4.79 Å². The first-order valence-corrected chi connectivity index (χ1v) is 7.30. The first kappa shape index (κ1) is 16.0. The summed E-state index contributed by atoms with van der Waals surface area (Å²) in [6, 6.07) is 7.36. The van der Waals surface area contributed by atoms with Gasteiger partial charge < -0.3 is 4.74 Å². The summed E-state index contributed by atoms with van der Waals surface area (Å²) >= 11 is 0. The molecule has 1 aromatic carbocycles. The molecule has 0 atom stereocenters. The minimum atomic E-state index is -0.598. The third-order valence-electron chi connectivity index (χ3n) is 3.30. The molecular weight excluding hydrogens is 278 g/mol. The molecular formula is C18H21NO3. The lowest BCUT2D eigenvalue weighted by molar-refractivity contribution is 0.0540. The van der Waals surface area contributed by atoms with Crippen LogP contribution in [0.5, 0.6) is 0 Å². The van der Waals surface area contributed by atoms with Crippen molar-refractivity contribution in [2.24, 2.45) is 0 Å². The van der Waals surface area contributed by atoms with Crippen molar-refractivity contribution >= 4 is 23.3 Å². The van der Waals surface area contributed by atoms with Crippen LogP contribution >= 0.6 is 0 Å². The van der Waals surface area contributed by atoms with Crippen molar-refractivity contribution in [3.8, 4) is 0 Å². The van der Waals surface area contributed by atoms with Gasteiger partial charge in [0.05, 0.1) is 5.52 Å². The van der Waals surface area contributed by atoms with E-state index in [1.54, 1.807) is 6.08 Å². The van der Waals surface area contributed by atoms with Crippen LogP contribution < -0.4 is 0 Å². The average Bonchev–Trinajstić information content (AvgIpc) is 2.76. The van der Waals surface area contributed by atoms with Crippen LogP contribution in [0.3, 0.4) is 0 Å². The van der Waals surface area contributed by atoms with Crippen LogP contribution in [0.4, 0.5) is 4.79 Å². The highest BCUT2D eigenvalue weighted by Gasteiger charge is 2.24.